The van der Waals surface area contributed by atoms with Crippen molar-refractivity contribution in [3.8, 4) is 5.75 Å². The summed E-state index contributed by atoms with van der Waals surface area (Å²) in [6, 6.07) is 32.6. The van der Waals surface area contributed by atoms with Crippen molar-refractivity contribution in [1.29, 1.82) is 0 Å². The summed E-state index contributed by atoms with van der Waals surface area (Å²) in [6.07, 6.45) is 6.93. The lowest BCUT2D eigenvalue weighted by Crippen LogP contribution is -2.56. The van der Waals surface area contributed by atoms with Crippen LogP contribution in [-0.2, 0) is 6.42 Å². The molecule has 54 heavy (non-hydrogen) atoms. The number of aliphatic hydroxyl groups is 2. The number of β-amino-alcohol motifs (C(OH)–C–C–N with tert-alkyl or cyclic N) is 1. The van der Waals surface area contributed by atoms with E-state index in [0.29, 0.717) is 42.7 Å². The molecule has 5 atom stereocenters. The maximum absolute atomic E-state index is 14.4. The van der Waals surface area contributed by atoms with Gasteiger partial charge in [-0.15, -0.1) is 0 Å². The molecule has 7 heteroatoms. The Kier molecular flexibility index (Phi) is 11.8. The number of aliphatic hydroxyl groups excluding tert-OH is 1. The van der Waals surface area contributed by atoms with Crippen LogP contribution in [0.15, 0.2) is 109 Å². The molecule has 1 aliphatic heterocycles. The molecule has 8 rings (SSSR count). The summed E-state index contributed by atoms with van der Waals surface area (Å²) in [5.74, 6) is 0.662. The standard InChI is InChI=1S/C47H55ClN2O4/c1-33-8-7-24-46(2)43(41-22-12-34(30-39(51)19-11-33)31-42(41)45(52)37-15-20-40(54-3)21-16-37)23-25-47(46,53)32-49-26-28-50(29-27-49)44(35-9-5-4-6-10-35)36-13-17-38(48)18-14-36/h4-6,8-10,12-18,20-22,31,39,43-44,51,53H,7,11,19,23-30,32H2,1-3H3/t39-,43-,44?,46-,47+/m0/s1. The van der Waals surface area contributed by atoms with Gasteiger partial charge in [-0.05, 0) is 123 Å². The fraction of sp³-hybridized carbons (Fsp3) is 0.426. The Morgan fingerprint density at radius 3 is 2.31 bits per heavy atom. The lowest BCUT2D eigenvalue weighted by Gasteiger charge is -2.48. The highest BCUT2D eigenvalue weighted by Gasteiger charge is 2.57. The number of hydrogen-bond donors (Lipinski definition) is 2. The minimum absolute atomic E-state index is 0.0102. The average Bonchev–Trinajstić information content (AvgIpc) is 3.44. The van der Waals surface area contributed by atoms with Crippen LogP contribution in [-0.4, -0.2) is 77.3 Å². The van der Waals surface area contributed by atoms with E-state index in [9.17, 15) is 15.0 Å². The first-order chi connectivity index (χ1) is 26.1. The van der Waals surface area contributed by atoms with Crippen molar-refractivity contribution in [3.05, 3.63) is 147 Å². The third-order valence-electron chi connectivity index (χ3n) is 12.8. The van der Waals surface area contributed by atoms with Crippen molar-refractivity contribution < 1.29 is 19.7 Å². The van der Waals surface area contributed by atoms with Crippen LogP contribution in [0.2, 0.25) is 5.02 Å². The number of hydrogen-bond acceptors (Lipinski definition) is 6. The second-order valence-electron chi connectivity index (χ2n) is 16.2. The van der Waals surface area contributed by atoms with Crippen LogP contribution in [0.4, 0.5) is 0 Å². The largest absolute Gasteiger partial charge is 0.497 e. The third kappa shape index (κ3) is 8.10. The molecule has 284 valence electrons. The summed E-state index contributed by atoms with van der Waals surface area (Å²) in [4.78, 5) is 19.4. The van der Waals surface area contributed by atoms with Gasteiger partial charge in [0.25, 0.3) is 0 Å². The molecule has 2 fully saturated rings. The fourth-order valence-electron chi connectivity index (χ4n) is 9.54. The van der Waals surface area contributed by atoms with Crippen LogP contribution in [0, 0.1) is 5.41 Å². The zero-order valence-corrected chi connectivity index (χ0v) is 32.8. The maximum atomic E-state index is 14.4. The van der Waals surface area contributed by atoms with Crippen LogP contribution in [0.3, 0.4) is 0 Å². The van der Waals surface area contributed by atoms with E-state index < -0.39 is 17.1 Å². The summed E-state index contributed by atoms with van der Waals surface area (Å²) in [5.41, 5.74) is 5.60. The molecule has 2 N–H and O–H groups in total. The molecule has 3 aliphatic carbocycles. The van der Waals surface area contributed by atoms with Crippen molar-refractivity contribution >= 4 is 17.4 Å². The highest BCUT2D eigenvalue weighted by Crippen LogP contribution is 2.59. The van der Waals surface area contributed by atoms with Crippen LogP contribution in [0.5, 0.6) is 5.75 Å². The molecule has 0 radical (unpaired) electrons. The van der Waals surface area contributed by atoms with Crippen LogP contribution >= 0.6 is 11.6 Å². The molecule has 1 unspecified atom stereocenters. The Balaban J connectivity index is 1.17. The van der Waals surface area contributed by atoms with Gasteiger partial charge in [0.1, 0.15) is 5.75 Å². The van der Waals surface area contributed by atoms with E-state index in [1.165, 1.54) is 16.7 Å². The molecular formula is C47H55ClN2O4. The van der Waals surface area contributed by atoms with E-state index in [2.05, 4.69) is 84.3 Å². The first kappa shape index (κ1) is 38.5. The van der Waals surface area contributed by atoms with Gasteiger partial charge in [0, 0.05) is 54.3 Å². The number of carbonyl (C=O) groups excluding carboxylic acids is 1. The fourth-order valence-corrected chi connectivity index (χ4v) is 9.66. The second-order valence-corrected chi connectivity index (χ2v) is 16.6. The SMILES string of the molecule is COc1ccc(C(=O)c2cc3ccc2[C@@H]2CC[C@@](O)(CN4CCN(C(c5ccccc5)c5ccc(Cl)cc5)CC4)[C@@]2(C)CCC=C(C)CC[C@H](O)C3)cc1. The van der Waals surface area contributed by atoms with E-state index in [1.807, 2.05) is 42.5 Å². The topological polar surface area (TPSA) is 73.2 Å². The number of benzene rings is 4. The lowest BCUT2D eigenvalue weighted by molar-refractivity contribution is -0.0894. The van der Waals surface area contributed by atoms with Gasteiger partial charge in [0.2, 0.25) is 0 Å². The van der Waals surface area contributed by atoms with Crippen LogP contribution in [0.1, 0.15) is 103 Å². The smallest absolute Gasteiger partial charge is 0.193 e. The Morgan fingerprint density at radius 2 is 1.61 bits per heavy atom. The number of rotatable bonds is 8. The van der Waals surface area contributed by atoms with E-state index in [1.54, 1.807) is 7.11 Å². The second kappa shape index (κ2) is 16.5. The number of allylic oxidation sites excluding steroid dienone is 2. The van der Waals surface area contributed by atoms with Gasteiger partial charge in [0.05, 0.1) is 24.9 Å². The molecule has 6 nitrogen and oxygen atoms in total. The molecular weight excluding hydrogens is 692 g/mol. The number of halogens is 1. The Morgan fingerprint density at radius 1 is 0.907 bits per heavy atom. The predicted octanol–water partition coefficient (Wildman–Crippen LogP) is 9.03. The molecule has 1 saturated heterocycles. The summed E-state index contributed by atoms with van der Waals surface area (Å²) in [5, 5.41) is 24.7. The Bertz CT molecular complexity index is 1920. The van der Waals surface area contributed by atoms with Gasteiger partial charge in [0.15, 0.2) is 5.78 Å². The first-order valence-corrected chi connectivity index (χ1v) is 20.1. The summed E-state index contributed by atoms with van der Waals surface area (Å²) in [7, 11) is 1.63. The quantitative estimate of drug-likeness (QED) is 0.139. The summed E-state index contributed by atoms with van der Waals surface area (Å²) < 4.78 is 5.38. The van der Waals surface area contributed by atoms with Crippen molar-refractivity contribution in [3.63, 3.8) is 0 Å². The lowest BCUT2D eigenvalue weighted by atomic mass is 9.64. The first-order valence-electron chi connectivity index (χ1n) is 19.7. The van der Waals surface area contributed by atoms with Gasteiger partial charge in [-0.2, -0.15) is 0 Å². The van der Waals surface area contributed by atoms with Crippen molar-refractivity contribution in [2.24, 2.45) is 5.41 Å². The van der Waals surface area contributed by atoms with E-state index in [4.69, 9.17) is 16.3 Å². The van der Waals surface area contributed by atoms with Gasteiger partial charge in [-0.1, -0.05) is 84.8 Å². The van der Waals surface area contributed by atoms with E-state index in [-0.39, 0.29) is 17.7 Å². The van der Waals surface area contributed by atoms with Crippen molar-refractivity contribution in [2.75, 3.05) is 39.8 Å². The number of fused-ring (bicyclic) bond motifs is 8. The minimum atomic E-state index is -0.942. The highest BCUT2D eigenvalue weighted by molar-refractivity contribution is 6.30. The molecule has 1 saturated carbocycles. The highest BCUT2D eigenvalue weighted by atomic mass is 35.5. The van der Waals surface area contributed by atoms with Gasteiger partial charge in [-0.25, -0.2) is 0 Å². The minimum Gasteiger partial charge on any atom is -0.497 e. The van der Waals surface area contributed by atoms with Crippen LogP contribution in [0.25, 0.3) is 0 Å². The number of carbonyl (C=O) groups is 1. The van der Waals surface area contributed by atoms with Gasteiger partial charge in [-0.3, -0.25) is 14.6 Å². The molecule has 2 bridgehead atoms. The van der Waals surface area contributed by atoms with E-state index in [0.717, 1.165) is 68.0 Å². The van der Waals surface area contributed by atoms with Crippen molar-refractivity contribution in [2.45, 2.75) is 82.5 Å². The zero-order chi connectivity index (χ0) is 37.9. The molecule has 0 spiro atoms. The predicted molar refractivity (Wildman–Crippen MR) is 218 cm³/mol. The number of nitrogens with zero attached hydrogens (tertiary/aromatic N) is 2. The third-order valence-corrected chi connectivity index (χ3v) is 13.1. The Labute approximate surface area is 326 Å². The summed E-state index contributed by atoms with van der Waals surface area (Å²) in [6.45, 7) is 8.52. The van der Waals surface area contributed by atoms with E-state index >= 15 is 0 Å². The van der Waals surface area contributed by atoms with Gasteiger partial charge < -0.3 is 14.9 Å². The number of methoxy groups -OCH3 is 1. The molecule has 1 heterocycles. The molecule has 0 amide bonds. The Hall–Kier alpha value is -3.78. The summed E-state index contributed by atoms with van der Waals surface area (Å²) >= 11 is 6.29. The molecule has 4 aromatic rings. The molecule has 0 aromatic heterocycles. The normalized spacial score (nSPS) is 26.1. The van der Waals surface area contributed by atoms with Gasteiger partial charge >= 0.3 is 0 Å². The zero-order valence-electron chi connectivity index (χ0n) is 32.0. The average molecular weight is 747 g/mol. The molecule has 4 aromatic carbocycles. The van der Waals surface area contributed by atoms with Crippen molar-refractivity contribution in [1.82, 2.24) is 9.80 Å². The van der Waals surface area contributed by atoms with Crippen LogP contribution < -0.4 is 4.74 Å². The number of piperazine rings is 1. The molecule has 4 aliphatic rings. The monoisotopic (exact) mass is 746 g/mol. The maximum Gasteiger partial charge on any atom is 0.193 e. The number of ether oxygens (including phenoxy) is 1. The number of ketones is 1.